The highest BCUT2D eigenvalue weighted by Gasteiger charge is 2.21. The Hall–Kier alpha value is -4.14. The fourth-order valence-electron chi connectivity index (χ4n) is 3.50. The van der Waals surface area contributed by atoms with Crippen LogP contribution in [0.5, 0.6) is 0 Å². The van der Waals surface area contributed by atoms with Gasteiger partial charge in [0.2, 0.25) is 5.78 Å². The first-order chi connectivity index (χ1) is 17.0. The average molecular weight is 503 g/mol. The van der Waals surface area contributed by atoms with Crippen LogP contribution in [0, 0.1) is 5.82 Å². The summed E-state index contributed by atoms with van der Waals surface area (Å²) >= 11 is 7.46. The highest BCUT2D eigenvalue weighted by Crippen LogP contribution is 2.27. The van der Waals surface area contributed by atoms with Crippen LogP contribution in [-0.4, -0.2) is 26.5 Å². The molecule has 5 aromatic rings. The lowest BCUT2D eigenvalue weighted by Crippen LogP contribution is -2.13. The summed E-state index contributed by atoms with van der Waals surface area (Å²) in [5.41, 5.74) is 2.64. The molecule has 2 aromatic heterocycles. The molecule has 0 aliphatic carbocycles. The zero-order valence-corrected chi connectivity index (χ0v) is 19.6. The Balaban J connectivity index is 1.50. The molecule has 2 heterocycles. The molecule has 1 amide bonds. The number of halogens is 2. The number of aromatic nitrogens is 3. The van der Waals surface area contributed by atoms with E-state index in [1.807, 2.05) is 30.3 Å². The molecule has 172 valence electrons. The predicted molar refractivity (Wildman–Crippen MR) is 134 cm³/mol. The van der Waals surface area contributed by atoms with E-state index in [2.05, 4.69) is 15.4 Å². The van der Waals surface area contributed by atoms with E-state index >= 15 is 0 Å². The SMILES string of the molecule is O=C(c1nccs1)c1cc(NC(=O)c2cn(-c3ccccc3)nc2-c2ccc(F)cc2)ccc1Cl. The molecule has 0 unspecified atom stereocenters. The van der Waals surface area contributed by atoms with Gasteiger partial charge in [-0.2, -0.15) is 5.10 Å². The zero-order valence-electron chi connectivity index (χ0n) is 18.0. The zero-order chi connectivity index (χ0) is 24.4. The second-order valence-corrected chi connectivity index (χ2v) is 8.80. The molecule has 0 saturated heterocycles. The molecule has 0 aliphatic heterocycles. The third-order valence-corrected chi connectivity index (χ3v) is 6.29. The van der Waals surface area contributed by atoms with Gasteiger partial charge in [0.25, 0.3) is 5.91 Å². The summed E-state index contributed by atoms with van der Waals surface area (Å²) in [6.45, 7) is 0. The smallest absolute Gasteiger partial charge is 0.259 e. The third-order valence-electron chi connectivity index (χ3n) is 5.19. The van der Waals surface area contributed by atoms with Crippen molar-refractivity contribution >= 4 is 40.3 Å². The van der Waals surface area contributed by atoms with E-state index < -0.39 is 5.91 Å². The summed E-state index contributed by atoms with van der Waals surface area (Å²) < 4.78 is 15.1. The number of para-hydroxylation sites is 1. The number of ketones is 1. The number of hydrogen-bond donors (Lipinski definition) is 1. The van der Waals surface area contributed by atoms with Gasteiger partial charge in [-0.05, 0) is 54.6 Å². The van der Waals surface area contributed by atoms with Gasteiger partial charge in [0.1, 0.15) is 11.5 Å². The van der Waals surface area contributed by atoms with Crippen molar-refractivity contribution in [3.05, 3.63) is 118 Å². The van der Waals surface area contributed by atoms with Crippen molar-refractivity contribution in [3.63, 3.8) is 0 Å². The minimum Gasteiger partial charge on any atom is -0.322 e. The Morgan fingerprint density at radius 1 is 0.971 bits per heavy atom. The summed E-state index contributed by atoms with van der Waals surface area (Å²) in [6, 6.07) is 19.8. The summed E-state index contributed by atoms with van der Waals surface area (Å²) in [7, 11) is 0. The number of amides is 1. The number of thiazole rings is 1. The first kappa shape index (κ1) is 22.6. The van der Waals surface area contributed by atoms with Gasteiger partial charge in [0.05, 0.1) is 16.3 Å². The Bertz CT molecular complexity index is 1520. The van der Waals surface area contributed by atoms with E-state index in [1.165, 1.54) is 29.5 Å². The molecule has 5 rings (SSSR count). The van der Waals surface area contributed by atoms with Crippen LogP contribution in [0.3, 0.4) is 0 Å². The standard InChI is InChI=1S/C26H16ClFN4O2S/c27-22-11-10-18(14-20(22)24(33)26-29-12-13-35-26)30-25(34)21-15-32(19-4-2-1-3-5-19)31-23(21)16-6-8-17(28)9-7-16/h1-15H,(H,30,34). The number of carbonyl (C=O) groups is 2. The normalized spacial score (nSPS) is 10.8. The number of nitrogens with zero attached hydrogens (tertiary/aromatic N) is 3. The number of anilines is 1. The largest absolute Gasteiger partial charge is 0.322 e. The van der Waals surface area contributed by atoms with Crippen LogP contribution in [0.2, 0.25) is 5.02 Å². The van der Waals surface area contributed by atoms with Gasteiger partial charge in [0, 0.05) is 34.6 Å². The van der Waals surface area contributed by atoms with Crippen LogP contribution >= 0.6 is 22.9 Å². The monoisotopic (exact) mass is 502 g/mol. The van der Waals surface area contributed by atoms with E-state index in [9.17, 15) is 14.0 Å². The molecule has 0 bridgehead atoms. The molecule has 0 aliphatic rings. The minimum atomic E-state index is -0.443. The number of benzene rings is 3. The maximum absolute atomic E-state index is 13.5. The molecule has 0 atom stereocenters. The number of nitrogens with one attached hydrogen (secondary N) is 1. The Morgan fingerprint density at radius 2 is 1.74 bits per heavy atom. The van der Waals surface area contributed by atoms with Crippen molar-refractivity contribution in [2.24, 2.45) is 0 Å². The molecule has 0 radical (unpaired) electrons. The van der Waals surface area contributed by atoms with Crippen LogP contribution in [0.1, 0.15) is 25.7 Å². The third kappa shape index (κ3) is 4.75. The summed E-state index contributed by atoms with van der Waals surface area (Å²) in [5, 5.41) is 9.67. The fraction of sp³-hybridized carbons (Fsp3) is 0. The second kappa shape index (κ2) is 9.61. The summed E-state index contributed by atoms with van der Waals surface area (Å²) in [4.78, 5) is 30.2. The topological polar surface area (TPSA) is 76.9 Å². The summed E-state index contributed by atoms with van der Waals surface area (Å²) in [5.74, 6) is -1.16. The molecular weight excluding hydrogens is 487 g/mol. The molecular formula is C26H16ClFN4O2S. The lowest BCUT2D eigenvalue weighted by Gasteiger charge is -2.08. The van der Waals surface area contributed by atoms with Gasteiger partial charge in [-0.1, -0.05) is 29.8 Å². The van der Waals surface area contributed by atoms with Gasteiger partial charge < -0.3 is 5.32 Å². The van der Waals surface area contributed by atoms with Gasteiger partial charge >= 0.3 is 0 Å². The van der Waals surface area contributed by atoms with E-state index in [0.29, 0.717) is 22.0 Å². The fourth-order valence-corrected chi connectivity index (χ4v) is 4.29. The van der Waals surface area contributed by atoms with E-state index in [4.69, 9.17) is 11.6 Å². The highest BCUT2D eigenvalue weighted by molar-refractivity contribution is 7.11. The molecule has 9 heteroatoms. The number of carbonyl (C=O) groups excluding carboxylic acids is 2. The quantitative estimate of drug-likeness (QED) is 0.277. The van der Waals surface area contributed by atoms with E-state index in [0.717, 1.165) is 5.69 Å². The van der Waals surface area contributed by atoms with Crippen molar-refractivity contribution in [3.8, 4) is 16.9 Å². The predicted octanol–water partition coefficient (Wildman–Crippen LogP) is 6.27. The van der Waals surface area contributed by atoms with Crippen molar-refractivity contribution < 1.29 is 14.0 Å². The Labute approximate surface area is 208 Å². The van der Waals surface area contributed by atoms with Crippen LogP contribution in [-0.2, 0) is 0 Å². The summed E-state index contributed by atoms with van der Waals surface area (Å²) in [6.07, 6.45) is 3.15. The van der Waals surface area contributed by atoms with Crippen molar-refractivity contribution in [2.75, 3.05) is 5.32 Å². The van der Waals surface area contributed by atoms with Crippen molar-refractivity contribution in [1.82, 2.24) is 14.8 Å². The average Bonchev–Trinajstić information content (AvgIpc) is 3.57. The molecule has 3 aromatic carbocycles. The first-order valence-electron chi connectivity index (χ1n) is 10.5. The lowest BCUT2D eigenvalue weighted by molar-refractivity contribution is 0.102. The van der Waals surface area contributed by atoms with E-state index in [1.54, 1.807) is 46.7 Å². The second-order valence-electron chi connectivity index (χ2n) is 7.49. The van der Waals surface area contributed by atoms with Gasteiger partial charge in [-0.3, -0.25) is 9.59 Å². The van der Waals surface area contributed by atoms with Crippen LogP contribution in [0.4, 0.5) is 10.1 Å². The van der Waals surface area contributed by atoms with Gasteiger partial charge in [-0.25, -0.2) is 14.1 Å². The van der Waals surface area contributed by atoms with Crippen LogP contribution in [0.25, 0.3) is 16.9 Å². The lowest BCUT2D eigenvalue weighted by atomic mass is 10.1. The van der Waals surface area contributed by atoms with Crippen molar-refractivity contribution in [1.29, 1.82) is 0 Å². The molecule has 35 heavy (non-hydrogen) atoms. The molecule has 0 spiro atoms. The van der Waals surface area contributed by atoms with Crippen LogP contribution in [0.15, 0.2) is 90.6 Å². The van der Waals surface area contributed by atoms with Crippen molar-refractivity contribution in [2.45, 2.75) is 0 Å². The van der Waals surface area contributed by atoms with Gasteiger partial charge in [0.15, 0.2) is 5.01 Å². The number of hydrogen-bond acceptors (Lipinski definition) is 5. The maximum atomic E-state index is 13.5. The van der Waals surface area contributed by atoms with E-state index in [-0.39, 0.29) is 27.8 Å². The van der Waals surface area contributed by atoms with Crippen LogP contribution < -0.4 is 5.32 Å². The maximum Gasteiger partial charge on any atom is 0.259 e. The molecule has 0 saturated carbocycles. The Morgan fingerprint density at radius 3 is 2.46 bits per heavy atom. The molecule has 1 N–H and O–H groups in total. The highest BCUT2D eigenvalue weighted by atomic mass is 35.5. The Kier molecular flexibility index (Phi) is 6.22. The minimum absolute atomic E-state index is 0.234. The molecule has 0 fully saturated rings. The molecule has 6 nitrogen and oxygen atoms in total. The number of rotatable bonds is 6. The van der Waals surface area contributed by atoms with Gasteiger partial charge in [-0.15, -0.1) is 11.3 Å². The first-order valence-corrected chi connectivity index (χ1v) is 11.7.